The van der Waals surface area contributed by atoms with Crippen molar-refractivity contribution in [3.8, 4) is 0 Å². The Morgan fingerprint density at radius 3 is 2.81 bits per heavy atom. The van der Waals surface area contributed by atoms with Crippen LogP contribution in [0.5, 0.6) is 0 Å². The van der Waals surface area contributed by atoms with Crippen LogP contribution in [0, 0.1) is 10.1 Å². The Labute approximate surface area is 124 Å². The van der Waals surface area contributed by atoms with Gasteiger partial charge in [-0.05, 0) is 19.5 Å². The molecule has 21 heavy (non-hydrogen) atoms. The zero-order chi connectivity index (χ0) is 15.4. The van der Waals surface area contributed by atoms with E-state index >= 15 is 0 Å². The van der Waals surface area contributed by atoms with Gasteiger partial charge in [0.05, 0.1) is 4.92 Å². The van der Waals surface area contributed by atoms with Crippen molar-refractivity contribution in [2.45, 2.75) is 26.3 Å². The number of rotatable bonds is 6. The quantitative estimate of drug-likeness (QED) is 0.626. The monoisotopic (exact) mass is 294 g/mol. The van der Waals surface area contributed by atoms with Crippen LogP contribution in [-0.4, -0.2) is 59.1 Å². The molecule has 0 radical (unpaired) electrons. The van der Waals surface area contributed by atoms with Crippen LogP contribution in [0.4, 0.5) is 17.5 Å². The van der Waals surface area contributed by atoms with Gasteiger partial charge in [-0.3, -0.25) is 15.0 Å². The molecule has 0 bridgehead atoms. The third kappa shape index (κ3) is 3.21. The average molecular weight is 294 g/mol. The Hall–Kier alpha value is -1.96. The molecule has 0 spiro atoms. The van der Waals surface area contributed by atoms with Crippen molar-refractivity contribution in [1.29, 1.82) is 0 Å². The van der Waals surface area contributed by atoms with E-state index in [9.17, 15) is 10.1 Å². The van der Waals surface area contributed by atoms with Crippen LogP contribution in [0.2, 0.25) is 0 Å². The Morgan fingerprint density at radius 2 is 2.24 bits per heavy atom. The van der Waals surface area contributed by atoms with E-state index < -0.39 is 4.92 Å². The first kappa shape index (κ1) is 15.4. The number of nitrogens with one attached hydrogen (secondary N) is 1. The lowest BCUT2D eigenvalue weighted by molar-refractivity contribution is -0.384. The number of nitro groups is 1. The summed E-state index contributed by atoms with van der Waals surface area (Å²) >= 11 is 0. The lowest BCUT2D eigenvalue weighted by Crippen LogP contribution is -2.37. The Morgan fingerprint density at radius 1 is 1.52 bits per heavy atom. The highest BCUT2D eigenvalue weighted by Crippen LogP contribution is 2.30. The van der Waals surface area contributed by atoms with E-state index in [0.29, 0.717) is 17.8 Å². The molecule has 1 atom stereocenters. The zero-order valence-electron chi connectivity index (χ0n) is 12.7. The highest BCUT2D eigenvalue weighted by atomic mass is 16.6. The molecule has 2 rings (SSSR count). The van der Waals surface area contributed by atoms with Gasteiger partial charge >= 0.3 is 5.69 Å². The predicted molar refractivity (Wildman–Crippen MR) is 81.8 cm³/mol. The SMILES string of the molecule is CCN(CC)C1CCN(c2nc(NC)ncc2[N+](=O)[O-])C1. The van der Waals surface area contributed by atoms with Gasteiger partial charge in [0.2, 0.25) is 11.8 Å². The first-order valence-electron chi connectivity index (χ1n) is 7.28. The molecule has 1 aromatic heterocycles. The highest BCUT2D eigenvalue weighted by Gasteiger charge is 2.31. The van der Waals surface area contributed by atoms with Crippen LogP contribution in [-0.2, 0) is 0 Å². The maximum atomic E-state index is 11.2. The summed E-state index contributed by atoms with van der Waals surface area (Å²) in [6.07, 6.45) is 2.27. The molecule has 1 fully saturated rings. The number of hydrogen-bond donors (Lipinski definition) is 1. The van der Waals surface area contributed by atoms with Gasteiger partial charge in [-0.1, -0.05) is 13.8 Å². The number of aromatic nitrogens is 2. The summed E-state index contributed by atoms with van der Waals surface area (Å²) in [4.78, 5) is 23.3. The molecule has 8 nitrogen and oxygen atoms in total. The molecule has 1 aliphatic heterocycles. The summed E-state index contributed by atoms with van der Waals surface area (Å²) in [5.41, 5.74) is -0.0332. The van der Waals surface area contributed by atoms with Crippen LogP contribution < -0.4 is 10.2 Å². The molecular weight excluding hydrogens is 272 g/mol. The fraction of sp³-hybridized carbons (Fsp3) is 0.692. The molecule has 2 heterocycles. The summed E-state index contributed by atoms with van der Waals surface area (Å²) in [6, 6.07) is 0.424. The van der Waals surface area contributed by atoms with Crippen molar-refractivity contribution in [3.05, 3.63) is 16.3 Å². The number of hydrogen-bond acceptors (Lipinski definition) is 7. The van der Waals surface area contributed by atoms with Crippen molar-refractivity contribution in [2.75, 3.05) is 43.4 Å². The Kier molecular flexibility index (Phi) is 4.89. The zero-order valence-corrected chi connectivity index (χ0v) is 12.7. The van der Waals surface area contributed by atoms with E-state index in [1.807, 2.05) is 4.90 Å². The molecule has 1 unspecified atom stereocenters. The van der Waals surface area contributed by atoms with Crippen LogP contribution in [0.15, 0.2) is 6.20 Å². The smallest absolute Gasteiger partial charge is 0.329 e. The summed E-state index contributed by atoms with van der Waals surface area (Å²) in [5, 5.41) is 14.0. The fourth-order valence-corrected chi connectivity index (χ4v) is 2.82. The van der Waals surface area contributed by atoms with Crippen molar-refractivity contribution in [2.24, 2.45) is 0 Å². The topological polar surface area (TPSA) is 87.4 Å². The fourth-order valence-electron chi connectivity index (χ4n) is 2.82. The van der Waals surface area contributed by atoms with Crippen LogP contribution in [0.3, 0.4) is 0 Å². The van der Waals surface area contributed by atoms with Gasteiger partial charge in [0.15, 0.2) is 0 Å². The summed E-state index contributed by atoms with van der Waals surface area (Å²) in [5.74, 6) is 0.816. The van der Waals surface area contributed by atoms with Crippen LogP contribution in [0.1, 0.15) is 20.3 Å². The van der Waals surface area contributed by atoms with Gasteiger partial charge in [-0.15, -0.1) is 0 Å². The standard InChI is InChI=1S/C13H22N6O2/c1-4-17(5-2)10-6-7-18(9-10)12-11(19(20)21)8-15-13(14-3)16-12/h8,10H,4-7,9H2,1-3H3,(H,14,15,16). The van der Waals surface area contributed by atoms with Gasteiger partial charge in [0.25, 0.3) is 0 Å². The lowest BCUT2D eigenvalue weighted by Gasteiger charge is -2.26. The van der Waals surface area contributed by atoms with E-state index in [4.69, 9.17) is 0 Å². The number of likely N-dealkylation sites (N-methyl/N-ethyl adjacent to an activating group) is 1. The molecule has 0 aliphatic carbocycles. The minimum atomic E-state index is -0.417. The van der Waals surface area contributed by atoms with Crippen molar-refractivity contribution < 1.29 is 4.92 Å². The maximum absolute atomic E-state index is 11.2. The molecule has 1 saturated heterocycles. The van der Waals surface area contributed by atoms with Crippen molar-refractivity contribution in [1.82, 2.24) is 14.9 Å². The Balaban J connectivity index is 2.24. The minimum absolute atomic E-state index is 0.0332. The highest BCUT2D eigenvalue weighted by molar-refractivity contribution is 5.59. The minimum Gasteiger partial charge on any atom is -0.357 e. The maximum Gasteiger partial charge on any atom is 0.329 e. The molecule has 116 valence electrons. The van der Waals surface area contributed by atoms with E-state index in [1.54, 1.807) is 7.05 Å². The molecule has 0 saturated carbocycles. The molecule has 1 aliphatic rings. The van der Waals surface area contributed by atoms with Crippen molar-refractivity contribution in [3.63, 3.8) is 0 Å². The van der Waals surface area contributed by atoms with E-state index in [2.05, 4.69) is 34.0 Å². The largest absolute Gasteiger partial charge is 0.357 e. The van der Waals surface area contributed by atoms with Gasteiger partial charge in [-0.2, -0.15) is 4.98 Å². The molecule has 0 aromatic carbocycles. The second-order valence-electron chi connectivity index (χ2n) is 5.02. The van der Waals surface area contributed by atoms with Gasteiger partial charge in [0, 0.05) is 26.2 Å². The van der Waals surface area contributed by atoms with E-state index in [0.717, 1.165) is 32.6 Å². The van der Waals surface area contributed by atoms with Crippen LogP contribution >= 0.6 is 0 Å². The Bertz CT molecular complexity index is 505. The average Bonchev–Trinajstić information content (AvgIpc) is 2.97. The van der Waals surface area contributed by atoms with E-state index in [-0.39, 0.29) is 5.69 Å². The first-order chi connectivity index (χ1) is 10.1. The van der Waals surface area contributed by atoms with Crippen LogP contribution in [0.25, 0.3) is 0 Å². The molecule has 8 heteroatoms. The van der Waals surface area contributed by atoms with Crippen molar-refractivity contribution >= 4 is 17.5 Å². The third-order valence-electron chi connectivity index (χ3n) is 3.96. The first-order valence-corrected chi connectivity index (χ1v) is 7.28. The normalized spacial score (nSPS) is 18.3. The molecular formula is C13H22N6O2. The second kappa shape index (κ2) is 6.66. The third-order valence-corrected chi connectivity index (χ3v) is 3.96. The number of anilines is 2. The predicted octanol–water partition coefficient (Wildman–Crippen LogP) is 1.35. The molecule has 1 aromatic rings. The van der Waals surface area contributed by atoms with Gasteiger partial charge in [0.1, 0.15) is 6.20 Å². The summed E-state index contributed by atoms with van der Waals surface area (Å²) in [6.45, 7) is 7.80. The van der Waals surface area contributed by atoms with E-state index in [1.165, 1.54) is 6.20 Å². The summed E-state index contributed by atoms with van der Waals surface area (Å²) < 4.78 is 0. The molecule has 0 amide bonds. The van der Waals surface area contributed by atoms with Gasteiger partial charge in [-0.25, -0.2) is 4.98 Å². The lowest BCUT2D eigenvalue weighted by atomic mass is 10.2. The number of nitrogens with zero attached hydrogens (tertiary/aromatic N) is 5. The summed E-state index contributed by atoms with van der Waals surface area (Å²) in [7, 11) is 1.70. The molecule has 1 N–H and O–H groups in total. The van der Waals surface area contributed by atoms with Gasteiger partial charge < -0.3 is 10.2 Å². The second-order valence-corrected chi connectivity index (χ2v) is 5.02.